The third-order valence-electron chi connectivity index (χ3n) is 2.98. The van der Waals surface area contributed by atoms with E-state index >= 15 is 0 Å². The van der Waals surface area contributed by atoms with Gasteiger partial charge < -0.3 is 5.32 Å². The normalized spacial score (nSPS) is 13.3. The van der Waals surface area contributed by atoms with Crippen LogP contribution in [-0.2, 0) is 10.0 Å². The SMILES string of the molecule is CCCNCCCCS(=O)(=O)NC(C)c1cccnc1. The standard InChI is InChI=1S/C14H25N3O2S/c1-3-8-15-9-4-5-11-20(18,19)17-13(2)14-7-6-10-16-12-14/h6-7,10,12-13,15,17H,3-5,8-9,11H2,1-2H3. The lowest BCUT2D eigenvalue weighted by molar-refractivity contribution is 0.559. The Hall–Kier alpha value is -0.980. The van der Waals surface area contributed by atoms with Gasteiger partial charge in [-0.15, -0.1) is 0 Å². The average Bonchev–Trinajstić information content (AvgIpc) is 2.43. The van der Waals surface area contributed by atoms with E-state index in [1.165, 1.54) is 0 Å². The van der Waals surface area contributed by atoms with Crippen LogP contribution in [0.15, 0.2) is 24.5 Å². The summed E-state index contributed by atoms with van der Waals surface area (Å²) in [5, 5.41) is 3.26. The van der Waals surface area contributed by atoms with Crippen LogP contribution >= 0.6 is 0 Å². The third-order valence-corrected chi connectivity index (χ3v) is 4.52. The van der Waals surface area contributed by atoms with Gasteiger partial charge in [-0.1, -0.05) is 13.0 Å². The molecule has 0 aromatic carbocycles. The van der Waals surface area contributed by atoms with Crippen molar-refractivity contribution in [1.82, 2.24) is 15.0 Å². The first kappa shape index (κ1) is 17.1. The zero-order valence-corrected chi connectivity index (χ0v) is 13.1. The van der Waals surface area contributed by atoms with E-state index in [1.807, 2.05) is 13.0 Å². The van der Waals surface area contributed by atoms with E-state index in [9.17, 15) is 8.42 Å². The summed E-state index contributed by atoms with van der Waals surface area (Å²) in [7, 11) is -3.23. The molecule has 1 rings (SSSR count). The molecule has 20 heavy (non-hydrogen) atoms. The van der Waals surface area contributed by atoms with Gasteiger partial charge in [-0.3, -0.25) is 4.98 Å². The first-order chi connectivity index (χ1) is 9.55. The summed E-state index contributed by atoms with van der Waals surface area (Å²) in [4.78, 5) is 4.00. The van der Waals surface area contributed by atoms with E-state index in [1.54, 1.807) is 18.5 Å². The van der Waals surface area contributed by atoms with Crippen molar-refractivity contribution in [1.29, 1.82) is 0 Å². The molecule has 1 aromatic rings. The lowest BCUT2D eigenvalue weighted by atomic mass is 10.2. The number of nitrogens with one attached hydrogen (secondary N) is 2. The smallest absolute Gasteiger partial charge is 0.212 e. The molecule has 0 saturated carbocycles. The van der Waals surface area contributed by atoms with Gasteiger partial charge in [-0.25, -0.2) is 13.1 Å². The largest absolute Gasteiger partial charge is 0.317 e. The summed E-state index contributed by atoms with van der Waals surface area (Å²) in [5.41, 5.74) is 0.876. The molecule has 2 N–H and O–H groups in total. The first-order valence-corrected chi connectivity index (χ1v) is 8.81. The molecule has 0 fully saturated rings. The maximum absolute atomic E-state index is 12.0. The minimum atomic E-state index is -3.23. The van der Waals surface area contributed by atoms with Crippen LogP contribution < -0.4 is 10.0 Å². The predicted molar refractivity (Wildman–Crippen MR) is 82.0 cm³/mol. The lowest BCUT2D eigenvalue weighted by Crippen LogP contribution is -2.29. The number of hydrogen-bond acceptors (Lipinski definition) is 4. The van der Waals surface area contributed by atoms with E-state index in [0.29, 0.717) is 6.42 Å². The third kappa shape index (κ3) is 6.98. The van der Waals surface area contributed by atoms with Gasteiger partial charge >= 0.3 is 0 Å². The summed E-state index contributed by atoms with van der Waals surface area (Å²) >= 11 is 0. The summed E-state index contributed by atoms with van der Waals surface area (Å²) in [6.45, 7) is 5.81. The Morgan fingerprint density at radius 3 is 2.75 bits per heavy atom. The molecule has 1 unspecified atom stereocenters. The number of unbranched alkanes of at least 4 members (excludes halogenated alkanes) is 1. The Balaban J connectivity index is 2.31. The van der Waals surface area contributed by atoms with Crippen LogP contribution in [0.2, 0.25) is 0 Å². The maximum atomic E-state index is 12.0. The van der Waals surface area contributed by atoms with Gasteiger partial charge in [-0.2, -0.15) is 0 Å². The monoisotopic (exact) mass is 299 g/mol. The van der Waals surface area contributed by atoms with Gasteiger partial charge in [0.15, 0.2) is 0 Å². The van der Waals surface area contributed by atoms with Crippen LogP contribution in [0.5, 0.6) is 0 Å². The molecular weight excluding hydrogens is 274 g/mol. The van der Waals surface area contributed by atoms with Gasteiger partial charge in [0.25, 0.3) is 0 Å². The number of rotatable bonds is 10. The molecule has 1 aromatic heterocycles. The average molecular weight is 299 g/mol. The van der Waals surface area contributed by atoms with Crippen molar-refractivity contribution in [2.75, 3.05) is 18.8 Å². The summed E-state index contributed by atoms with van der Waals surface area (Å²) in [6, 6.07) is 3.43. The number of nitrogens with zero attached hydrogens (tertiary/aromatic N) is 1. The van der Waals surface area contributed by atoms with Gasteiger partial charge in [0.05, 0.1) is 5.75 Å². The van der Waals surface area contributed by atoms with Crippen LogP contribution in [0.4, 0.5) is 0 Å². The first-order valence-electron chi connectivity index (χ1n) is 7.16. The second kappa shape index (κ2) is 9.05. The quantitative estimate of drug-likeness (QED) is 0.647. The minimum absolute atomic E-state index is 0.172. The predicted octanol–water partition coefficient (Wildman–Crippen LogP) is 1.84. The van der Waals surface area contributed by atoms with E-state index in [0.717, 1.165) is 31.5 Å². The molecule has 114 valence electrons. The van der Waals surface area contributed by atoms with E-state index < -0.39 is 10.0 Å². The molecule has 0 aliphatic rings. The van der Waals surface area contributed by atoms with Crippen LogP contribution in [0.25, 0.3) is 0 Å². The summed E-state index contributed by atoms with van der Waals surface area (Å²) in [5.74, 6) is 0.172. The molecular formula is C14H25N3O2S. The summed E-state index contributed by atoms with van der Waals surface area (Å²) < 4.78 is 26.6. The van der Waals surface area contributed by atoms with Gasteiger partial charge in [-0.05, 0) is 50.9 Å². The fraction of sp³-hybridized carbons (Fsp3) is 0.643. The Labute approximate surface area is 122 Å². The highest BCUT2D eigenvalue weighted by Gasteiger charge is 2.15. The van der Waals surface area contributed by atoms with Crippen molar-refractivity contribution in [2.45, 2.75) is 39.2 Å². The van der Waals surface area contributed by atoms with Crippen LogP contribution in [0.1, 0.15) is 44.7 Å². The number of pyridine rings is 1. The summed E-state index contributed by atoms with van der Waals surface area (Å²) in [6.07, 6.45) is 6.01. The highest BCUT2D eigenvalue weighted by molar-refractivity contribution is 7.89. The lowest BCUT2D eigenvalue weighted by Gasteiger charge is -2.14. The maximum Gasteiger partial charge on any atom is 0.212 e. The molecule has 0 spiro atoms. The fourth-order valence-corrected chi connectivity index (χ4v) is 3.25. The van der Waals surface area contributed by atoms with Crippen LogP contribution in [-0.4, -0.2) is 32.2 Å². The Bertz CT molecular complexity index is 463. The van der Waals surface area contributed by atoms with E-state index in [-0.39, 0.29) is 11.8 Å². The molecule has 0 radical (unpaired) electrons. The van der Waals surface area contributed by atoms with E-state index in [2.05, 4.69) is 21.9 Å². The number of sulfonamides is 1. The van der Waals surface area contributed by atoms with Crippen molar-refractivity contribution < 1.29 is 8.42 Å². The van der Waals surface area contributed by atoms with Crippen molar-refractivity contribution in [3.05, 3.63) is 30.1 Å². The van der Waals surface area contributed by atoms with Crippen molar-refractivity contribution in [3.63, 3.8) is 0 Å². The second-order valence-electron chi connectivity index (χ2n) is 4.90. The Morgan fingerprint density at radius 2 is 2.10 bits per heavy atom. The van der Waals surface area contributed by atoms with Gasteiger partial charge in [0.1, 0.15) is 0 Å². The minimum Gasteiger partial charge on any atom is -0.317 e. The number of aromatic nitrogens is 1. The molecule has 0 amide bonds. The molecule has 6 heteroatoms. The van der Waals surface area contributed by atoms with Crippen molar-refractivity contribution >= 4 is 10.0 Å². The molecule has 0 saturated heterocycles. The molecule has 1 atom stereocenters. The topological polar surface area (TPSA) is 71.1 Å². The Morgan fingerprint density at radius 1 is 1.30 bits per heavy atom. The second-order valence-corrected chi connectivity index (χ2v) is 6.78. The molecule has 0 bridgehead atoms. The van der Waals surface area contributed by atoms with Gasteiger partial charge in [0, 0.05) is 18.4 Å². The molecule has 0 aliphatic carbocycles. The molecule has 1 heterocycles. The highest BCUT2D eigenvalue weighted by Crippen LogP contribution is 2.11. The fourth-order valence-electron chi connectivity index (χ4n) is 1.87. The van der Waals surface area contributed by atoms with E-state index in [4.69, 9.17) is 0 Å². The van der Waals surface area contributed by atoms with Crippen molar-refractivity contribution in [2.24, 2.45) is 0 Å². The zero-order valence-electron chi connectivity index (χ0n) is 12.3. The zero-order chi connectivity index (χ0) is 14.8. The van der Waals surface area contributed by atoms with Crippen LogP contribution in [0, 0.1) is 0 Å². The highest BCUT2D eigenvalue weighted by atomic mass is 32.2. The number of hydrogen-bond donors (Lipinski definition) is 2. The van der Waals surface area contributed by atoms with Gasteiger partial charge in [0.2, 0.25) is 10.0 Å². The Kier molecular flexibility index (Phi) is 7.72. The van der Waals surface area contributed by atoms with Crippen molar-refractivity contribution in [3.8, 4) is 0 Å². The molecule has 0 aliphatic heterocycles. The van der Waals surface area contributed by atoms with Crippen LogP contribution in [0.3, 0.4) is 0 Å². The molecule has 5 nitrogen and oxygen atoms in total.